The minimum Gasteiger partial charge on any atom is -0.457 e. The van der Waals surface area contributed by atoms with Crippen LogP contribution in [0.25, 0.3) is 10.9 Å². The van der Waals surface area contributed by atoms with Crippen molar-refractivity contribution in [3.8, 4) is 11.5 Å². The summed E-state index contributed by atoms with van der Waals surface area (Å²) in [6, 6.07) is 1.65. The molecule has 1 aromatic heterocycles. The Hall–Kier alpha value is -1.84. The van der Waals surface area contributed by atoms with Gasteiger partial charge >= 0.3 is 0 Å². The Balaban J connectivity index is 2.22. The van der Waals surface area contributed by atoms with E-state index in [0.717, 1.165) is 0 Å². The highest BCUT2D eigenvalue weighted by atomic mass is 35.5. The van der Waals surface area contributed by atoms with Gasteiger partial charge in [0, 0.05) is 11.2 Å². The third kappa shape index (κ3) is 2.55. The van der Waals surface area contributed by atoms with Gasteiger partial charge in [-0.3, -0.25) is 4.98 Å². The molecule has 0 aliphatic carbocycles. The van der Waals surface area contributed by atoms with Crippen LogP contribution in [0.1, 0.15) is 5.48 Å². The molecule has 3 rings (SSSR count). The number of benzene rings is 2. The highest BCUT2D eigenvalue weighted by Crippen LogP contribution is 2.35. The molecule has 0 atom stereocenters. The molecule has 0 amide bonds. The largest absolute Gasteiger partial charge is 0.457 e. The molecular formula is C15H8Cl2FNO. The summed E-state index contributed by atoms with van der Waals surface area (Å²) in [5.74, 6) is -1.47. The number of halogens is 3. The minimum atomic E-state index is -1.23. The molecular weight excluding hydrogens is 300 g/mol. The van der Waals surface area contributed by atoms with Gasteiger partial charge in [-0.15, -0.1) is 0 Å². The van der Waals surface area contributed by atoms with Crippen LogP contribution in [0.2, 0.25) is 10.0 Å². The molecule has 0 N–H and O–H groups in total. The van der Waals surface area contributed by atoms with E-state index in [1.807, 2.05) is 0 Å². The van der Waals surface area contributed by atoms with Crippen LogP contribution in [-0.2, 0) is 0 Å². The maximum Gasteiger partial charge on any atom is 0.139 e. The van der Waals surface area contributed by atoms with E-state index in [1.54, 1.807) is 6.07 Å². The summed E-state index contributed by atoms with van der Waals surface area (Å²) < 4.78 is 49.8. The van der Waals surface area contributed by atoms with Crippen molar-refractivity contribution < 1.29 is 14.6 Å². The normalized spacial score (nSPS) is 13.6. The van der Waals surface area contributed by atoms with Crippen molar-refractivity contribution in [2.45, 2.75) is 0 Å². The van der Waals surface area contributed by atoms with Crippen LogP contribution in [0.3, 0.4) is 0 Å². The van der Waals surface area contributed by atoms with Gasteiger partial charge in [0.2, 0.25) is 0 Å². The van der Waals surface area contributed by atoms with E-state index < -0.39 is 35.7 Å². The van der Waals surface area contributed by atoms with Crippen molar-refractivity contribution in [3.05, 3.63) is 64.4 Å². The zero-order valence-electron chi connectivity index (χ0n) is 13.8. The topological polar surface area (TPSA) is 22.1 Å². The van der Waals surface area contributed by atoms with E-state index >= 15 is 0 Å². The fourth-order valence-electron chi connectivity index (χ4n) is 1.71. The number of nitrogens with zero attached hydrogens (tertiary/aromatic N) is 1. The Labute approximate surface area is 130 Å². The summed E-state index contributed by atoms with van der Waals surface area (Å²) in [4.78, 5) is 4.12. The van der Waals surface area contributed by atoms with Gasteiger partial charge in [0.15, 0.2) is 0 Å². The third-order valence-corrected chi connectivity index (χ3v) is 3.02. The molecule has 0 aliphatic heterocycles. The number of pyridine rings is 1. The Morgan fingerprint density at radius 2 is 1.90 bits per heavy atom. The Kier molecular flexibility index (Phi) is 2.41. The van der Waals surface area contributed by atoms with Gasteiger partial charge < -0.3 is 4.74 Å². The zero-order chi connectivity index (χ0) is 17.6. The van der Waals surface area contributed by atoms with Crippen molar-refractivity contribution in [2.75, 3.05) is 0 Å². The quantitative estimate of drug-likeness (QED) is 0.625. The molecule has 0 fully saturated rings. The van der Waals surface area contributed by atoms with Crippen LogP contribution in [0.4, 0.5) is 4.39 Å². The first-order valence-corrected chi connectivity index (χ1v) is 6.24. The van der Waals surface area contributed by atoms with E-state index in [0.29, 0.717) is 15.9 Å². The summed E-state index contributed by atoms with van der Waals surface area (Å²) in [6.07, 6.45) is 1.42. The molecule has 20 heavy (non-hydrogen) atoms. The van der Waals surface area contributed by atoms with Crippen molar-refractivity contribution in [2.24, 2.45) is 0 Å². The molecule has 2 aromatic carbocycles. The molecule has 0 aliphatic rings. The van der Waals surface area contributed by atoms with Crippen LogP contribution < -0.4 is 4.74 Å². The van der Waals surface area contributed by atoms with Crippen molar-refractivity contribution in [3.63, 3.8) is 0 Å². The first-order chi connectivity index (χ1) is 11.3. The molecule has 0 unspecified atom stereocenters. The molecule has 2 nitrogen and oxygen atoms in total. The number of aromatic nitrogens is 1. The summed E-state index contributed by atoms with van der Waals surface area (Å²) in [6.45, 7) is 0. The monoisotopic (exact) mass is 311 g/mol. The summed E-state index contributed by atoms with van der Waals surface area (Å²) in [7, 11) is 0. The molecule has 0 spiro atoms. The van der Waals surface area contributed by atoms with E-state index in [1.165, 1.54) is 18.3 Å². The summed E-state index contributed by atoms with van der Waals surface area (Å²) in [5, 5.41) is 1.02. The van der Waals surface area contributed by atoms with E-state index in [2.05, 4.69) is 4.98 Å². The lowest BCUT2D eigenvalue weighted by Crippen LogP contribution is -1.89. The summed E-state index contributed by atoms with van der Waals surface area (Å²) >= 11 is 12.1. The lowest BCUT2D eigenvalue weighted by molar-refractivity contribution is 0.485. The predicted molar refractivity (Wildman–Crippen MR) is 78.2 cm³/mol. The fraction of sp³-hybridized carbons (Fsp3) is 0. The van der Waals surface area contributed by atoms with E-state index in [4.69, 9.17) is 33.4 Å². The highest BCUT2D eigenvalue weighted by Gasteiger charge is 2.10. The number of ether oxygens (including phenoxy) is 1. The first kappa shape index (κ1) is 9.16. The standard InChI is InChI=1S/C15H8Cl2FNO/c16-9-7-12(17)15-13(8-9)19-6-5-14(15)20-11-3-1-10(18)2-4-11/h1-8H/i1D,2D,3D,4D. The number of hydrogen-bond donors (Lipinski definition) is 0. The second-order valence-corrected chi connectivity index (χ2v) is 4.68. The van der Waals surface area contributed by atoms with Crippen LogP contribution in [0.15, 0.2) is 48.6 Å². The van der Waals surface area contributed by atoms with Gasteiger partial charge in [-0.05, 0) is 42.4 Å². The fourth-order valence-corrected chi connectivity index (χ4v) is 2.28. The average Bonchev–Trinajstić information content (AvgIpc) is 2.54. The second-order valence-electron chi connectivity index (χ2n) is 3.84. The van der Waals surface area contributed by atoms with Crippen molar-refractivity contribution >= 4 is 34.1 Å². The van der Waals surface area contributed by atoms with Gasteiger partial charge in [-0.2, -0.15) is 0 Å². The van der Waals surface area contributed by atoms with Crippen LogP contribution in [0.5, 0.6) is 11.5 Å². The van der Waals surface area contributed by atoms with Gasteiger partial charge in [-0.1, -0.05) is 23.2 Å². The maximum atomic E-state index is 13.6. The average molecular weight is 312 g/mol. The maximum absolute atomic E-state index is 13.6. The summed E-state index contributed by atoms with van der Waals surface area (Å²) in [5.41, 5.74) is 0.433. The molecule has 0 saturated carbocycles. The molecule has 0 radical (unpaired) electrons. The highest BCUT2D eigenvalue weighted by molar-refractivity contribution is 6.39. The van der Waals surface area contributed by atoms with Crippen molar-refractivity contribution in [1.82, 2.24) is 4.98 Å². The van der Waals surface area contributed by atoms with Crippen LogP contribution in [0, 0.1) is 5.82 Å². The van der Waals surface area contributed by atoms with Crippen LogP contribution >= 0.6 is 23.2 Å². The molecule has 3 aromatic rings. The lowest BCUT2D eigenvalue weighted by atomic mass is 10.2. The second kappa shape index (κ2) is 5.27. The van der Waals surface area contributed by atoms with Gasteiger partial charge in [0.25, 0.3) is 0 Å². The number of fused-ring (bicyclic) bond motifs is 1. The Morgan fingerprint density at radius 1 is 1.15 bits per heavy atom. The molecule has 0 saturated heterocycles. The smallest absolute Gasteiger partial charge is 0.139 e. The Bertz CT molecular complexity index is 955. The van der Waals surface area contributed by atoms with Gasteiger partial charge in [0.05, 0.1) is 21.4 Å². The van der Waals surface area contributed by atoms with Crippen LogP contribution in [-0.4, -0.2) is 4.98 Å². The molecule has 100 valence electrons. The van der Waals surface area contributed by atoms with Gasteiger partial charge in [0.1, 0.15) is 17.3 Å². The molecule has 5 heteroatoms. The SMILES string of the molecule is [2H]c1c([2H])c(Oc2ccnc3cc(Cl)cc(Cl)c23)c([2H])c([2H])c1F. The van der Waals surface area contributed by atoms with E-state index in [9.17, 15) is 4.39 Å². The Morgan fingerprint density at radius 3 is 2.65 bits per heavy atom. The first-order valence-electron chi connectivity index (χ1n) is 7.48. The number of rotatable bonds is 2. The number of hydrogen-bond acceptors (Lipinski definition) is 2. The molecule has 1 heterocycles. The zero-order valence-corrected chi connectivity index (χ0v) is 11.3. The minimum absolute atomic E-state index is 0.161. The van der Waals surface area contributed by atoms with E-state index in [-0.39, 0.29) is 10.8 Å². The predicted octanol–water partition coefficient (Wildman–Crippen LogP) is 5.47. The van der Waals surface area contributed by atoms with Gasteiger partial charge in [-0.25, -0.2) is 4.39 Å². The third-order valence-electron chi connectivity index (χ3n) is 2.50. The van der Waals surface area contributed by atoms with Crippen molar-refractivity contribution in [1.29, 1.82) is 0 Å². The molecule has 0 bridgehead atoms. The lowest BCUT2D eigenvalue weighted by Gasteiger charge is -2.10.